The molecule has 0 radical (unpaired) electrons. The Morgan fingerprint density at radius 1 is 1.00 bits per heavy atom. The van der Waals surface area contributed by atoms with Gasteiger partial charge in [-0.25, -0.2) is 0 Å². The average molecular weight is 332 g/mol. The molecule has 3 aromatic rings. The van der Waals surface area contributed by atoms with Crippen molar-refractivity contribution < 1.29 is 4.79 Å². The molecule has 2 aromatic heterocycles. The van der Waals surface area contributed by atoms with Crippen molar-refractivity contribution in [2.45, 2.75) is 19.5 Å². The Balaban J connectivity index is 1.70. The van der Waals surface area contributed by atoms with Crippen LogP contribution in [0.25, 0.3) is 0 Å². The Bertz CT molecular complexity index is 821. The fourth-order valence-electron chi connectivity index (χ4n) is 2.55. The standard InChI is InChI=1S/C20H20N4O/c1-15(17-8-11-21-12-9-17)24-20(25)18-6-2-3-7-19(18)23-14-16-5-4-10-22-13-16/h2-13,15,23H,14H2,1H3,(H,24,25)/t15-/m1/s1. The zero-order chi connectivity index (χ0) is 17.5. The fraction of sp³-hybridized carbons (Fsp3) is 0.150. The van der Waals surface area contributed by atoms with Crippen molar-refractivity contribution in [2.75, 3.05) is 5.32 Å². The van der Waals surface area contributed by atoms with Crippen molar-refractivity contribution in [3.63, 3.8) is 0 Å². The highest BCUT2D eigenvalue weighted by molar-refractivity contribution is 5.99. The second-order valence-electron chi connectivity index (χ2n) is 5.74. The Morgan fingerprint density at radius 3 is 2.56 bits per heavy atom. The highest BCUT2D eigenvalue weighted by Crippen LogP contribution is 2.18. The van der Waals surface area contributed by atoms with E-state index in [1.807, 2.05) is 55.5 Å². The number of anilines is 1. The molecule has 0 fully saturated rings. The number of benzene rings is 1. The van der Waals surface area contributed by atoms with Gasteiger partial charge in [0, 0.05) is 37.0 Å². The molecule has 3 rings (SSSR count). The third-order valence-corrected chi connectivity index (χ3v) is 3.93. The summed E-state index contributed by atoms with van der Waals surface area (Å²) in [5.74, 6) is -0.112. The molecule has 2 N–H and O–H groups in total. The van der Waals surface area contributed by atoms with Crippen LogP contribution in [0.15, 0.2) is 73.3 Å². The number of para-hydroxylation sites is 1. The molecule has 0 saturated carbocycles. The Labute approximate surface area is 147 Å². The minimum Gasteiger partial charge on any atom is -0.380 e. The minimum absolute atomic E-state index is 0.0955. The lowest BCUT2D eigenvalue weighted by molar-refractivity contribution is 0.0940. The van der Waals surface area contributed by atoms with Crippen LogP contribution >= 0.6 is 0 Å². The molecule has 5 heteroatoms. The molecule has 0 spiro atoms. The molecule has 25 heavy (non-hydrogen) atoms. The number of hydrogen-bond acceptors (Lipinski definition) is 4. The molecule has 0 aliphatic carbocycles. The maximum atomic E-state index is 12.7. The molecule has 126 valence electrons. The molecule has 1 atom stereocenters. The first kappa shape index (κ1) is 16.6. The van der Waals surface area contributed by atoms with Gasteiger partial charge in [0.05, 0.1) is 11.6 Å². The number of carbonyl (C=O) groups excluding carboxylic acids is 1. The first-order valence-electron chi connectivity index (χ1n) is 8.16. The van der Waals surface area contributed by atoms with Crippen molar-refractivity contribution in [3.05, 3.63) is 90.0 Å². The summed E-state index contributed by atoms with van der Waals surface area (Å²) < 4.78 is 0. The van der Waals surface area contributed by atoms with Gasteiger partial charge in [-0.1, -0.05) is 18.2 Å². The predicted octanol–water partition coefficient (Wildman–Crippen LogP) is 3.58. The number of amides is 1. The van der Waals surface area contributed by atoms with Crippen LogP contribution in [0.2, 0.25) is 0 Å². The van der Waals surface area contributed by atoms with Crippen LogP contribution < -0.4 is 10.6 Å². The highest BCUT2D eigenvalue weighted by atomic mass is 16.1. The summed E-state index contributed by atoms with van der Waals surface area (Å²) in [5.41, 5.74) is 3.49. The number of hydrogen-bond donors (Lipinski definition) is 2. The summed E-state index contributed by atoms with van der Waals surface area (Å²) in [7, 11) is 0. The average Bonchev–Trinajstić information content (AvgIpc) is 2.68. The molecule has 0 aliphatic heterocycles. The normalized spacial score (nSPS) is 11.6. The van der Waals surface area contributed by atoms with E-state index < -0.39 is 0 Å². The van der Waals surface area contributed by atoms with E-state index in [-0.39, 0.29) is 11.9 Å². The predicted molar refractivity (Wildman–Crippen MR) is 98.1 cm³/mol. The fourth-order valence-corrected chi connectivity index (χ4v) is 2.55. The van der Waals surface area contributed by atoms with Crippen LogP contribution in [0.5, 0.6) is 0 Å². The van der Waals surface area contributed by atoms with Crippen molar-refractivity contribution in [3.8, 4) is 0 Å². The van der Waals surface area contributed by atoms with Gasteiger partial charge >= 0.3 is 0 Å². The molecule has 0 aliphatic rings. The summed E-state index contributed by atoms with van der Waals surface area (Å²) in [6.45, 7) is 2.57. The number of rotatable bonds is 6. The minimum atomic E-state index is -0.112. The maximum Gasteiger partial charge on any atom is 0.253 e. The van der Waals surface area contributed by atoms with E-state index in [9.17, 15) is 4.79 Å². The largest absolute Gasteiger partial charge is 0.380 e. The zero-order valence-electron chi connectivity index (χ0n) is 14.0. The lowest BCUT2D eigenvalue weighted by Gasteiger charge is -2.16. The SMILES string of the molecule is C[C@@H](NC(=O)c1ccccc1NCc1cccnc1)c1ccncc1. The molecule has 1 amide bonds. The topological polar surface area (TPSA) is 66.9 Å². The maximum absolute atomic E-state index is 12.7. The first-order chi connectivity index (χ1) is 12.2. The molecule has 0 bridgehead atoms. The number of nitrogens with zero attached hydrogens (tertiary/aromatic N) is 2. The van der Waals surface area contributed by atoms with E-state index in [1.54, 1.807) is 24.8 Å². The summed E-state index contributed by atoms with van der Waals surface area (Å²) in [6.07, 6.45) is 7.00. The summed E-state index contributed by atoms with van der Waals surface area (Å²) in [5, 5.41) is 6.34. The monoisotopic (exact) mass is 332 g/mol. The lowest BCUT2D eigenvalue weighted by Crippen LogP contribution is -2.27. The number of nitrogens with one attached hydrogen (secondary N) is 2. The first-order valence-corrected chi connectivity index (χ1v) is 8.16. The molecule has 5 nitrogen and oxygen atoms in total. The Morgan fingerprint density at radius 2 is 1.80 bits per heavy atom. The van der Waals surface area contributed by atoms with E-state index in [4.69, 9.17) is 0 Å². The molecule has 0 saturated heterocycles. The summed E-state index contributed by atoms with van der Waals surface area (Å²) in [6, 6.07) is 15.1. The van der Waals surface area contributed by atoms with Gasteiger partial charge in [0.15, 0.2) is 0 Å². The highest BCUT2D eigenvalue weighted by Gasteiger charge is 2.14. The molecular formula is C20H20N4O. The van der Waals surface area contributed by atoms with Gasteiger partial charge in [-0.2, -0.15) is 0 Å². The molecule has 0 unspecified atom stereocenters. The number of aromatic nitrogens is 2. The van der Waals surface area contributed by atoms with Crippen LogP contribution in [-0.2, 0) is 6.54 Å². The van der Waals surface area contributed by atoms with E-state index in [1.165, 1.54) is 0 Å². The quantitative estimate of drug-likeness (QED) is 0.724. The summed E-state index contributed by atoms with van der Waals surface area (Å²) in [4.78, 5) is 20.8. The third kappa shape index (κ3) is 4.41. The number of pyridine rings is 2. The van der Waals surface area contributed by atoms with Crippen LogP contribution in [0.3, 0.4) is 0 Å². The number of carbonyl (C=O) groups is 1. The molecular weight excluding hydrogens is 312 g/mol. The Hall–Kier alpha value is -3.21. The van der Waals surface area contributed by atoms with E-state index in [0.717, 1.165) is 16.8 Å². The van der Waals surface area contributed by atoms with E-state index in [2.05, 4.69) is 20.6 Å². The van der Waals surface area contributed by atoms with Gasteiger partial charge in [0.2, 0.25) is 0 Å². The Kier molecular flexibility index (Phi) is 5.36. The van der Waals surface area contributed by atoms with Gasteiger partial charge in [-0.05, 0) is 48.4 Å². The summed E-state index contributed by atoms with van der Waals surface area (Å²) >= 11 is 0. The van der Waals surface area contributed by atoms with Crippen LogP contribution in [0, 0.1) is 0 Å². The zero-order valence-corrected chi connectivity index (χ0v) is 14.0. The van der Waals surface area contributed by atoms with Crippen molar-refractivity contribution in [2.24, 2.45) is 0 Å². The van der Waals surface area contributed by atoms with Gasteiger partial charge in [0.1, 0.15) is 0 Å². The van der Waals surface area contributed by atoms with Crippen LogP contribution in [0.4, 0.5) is 5.69 Å². The lowest BCUT2D eigenvalue weighted by atomic mass is 10.1. The van der Waals surface area contributed by atoms with Crippen LogP contribution in [0.1, 0.15) is 34.5 Å². The third-order valence-electron chi connectivity index (χ3n) is 3.93. The molecule has 1 aromatic carbocycles. The van der Waals surface area contributed by atoms with Crippen molar-refractivity contribution >= 4 is 11.6 Å². The van der Waals surface area contributed by atoms with Gasteiger partial charge in [-0.3, -0.25) is 14.8 Å². The second kappa shape index (κ2) is 8.06. The van der Waals surface area contributed by atoms with Gasteiger partial charge in [0.25, 0.3) is 5.91 Å². The van der Waals surface area contributed by atoms with E-state index >= 15 is 0 Å². The molecule has 2 heterocycles. The van der Waals surface area contributed by atoms with Gasteiger partial charge < -0.3 is 10.6 Å². The van der Waals surface area contributed by atoms with Crippen molar-refractivity contribution in [1.29, 1.82) is 0 Å². The smallest absolute Gasteiger partial charge is 0.253 e. The van der Waals surface area contributed by atoms with E-state index in [0.29, 0.717) is 12.1 Å². The second-order valence-corrected chi connectivity index (χ2v) is 5.74. The van der Waals surface area contributed by atoms with Crippen LogP contribution in [-0.4, -0.2) is 15.9 Å². The van der Waals surface area contributed by atoms with Gasteiger partial charge in [-0.15, -0.1) is 0 Å². The van der Waals surface area contributed by atoms with Crippen molar-refractivity contribution in [1.82, 2.24) is 15.3 Å².